The van der Waals surface area contributed by atoms with Crippen LogP contribution in [0.15, 0.2) is 68.2 Å². The van der Waals surface area contributed by atoms with Gasteiger partial charge in [-0.25, -0.2) is 4.79 Å². The first-order valence-electron chi connectivity index (χ1n) is 8.49. The van der Waals surface area contributed by atoms with Gasteiger partial charge in [-0.2, -0.15) is 0 Å². The van der Waals surface area contributed by atoms with Crippen molar-refractivity contribution in [1.82, 2.24) is 5.32 Å². The number of carbonyl (C=O) groups is 2. The summed E-state index contributed by atoms with van der Waals surface area (Å²) in [7, 11) is 1.33. The molecule has 0 saturated carbocycles. The Bertz CT molecular complexity index is 902. The second-order valence-electron chi connectivity index (χ2n) is 6.54. The van der Waals surface area contributed by atoms with E-state index >= 15 is 0 Å². The zero-order valence-corrected chi connectivity index (χ0v) is 14.6. The van der Waals surface area contributed by atoms with Crippen LogP contribution in [0, 0.1) is 0 Å². The highest BCUT2D eigenvalue weighted by Gasteiger charge is 2.42. The average molecular weight is 353 g/mol. The lowest BCUT2D eigenvalue weighted by Crippen LogP contribution is -2.35. The third-order valence-electron chi connectivity index (χ3n) is 5.01. The van der Waals surface area contributed by atoms with Gasteiger partial charge in [0.25, 0.3) is 0 Å². The third-order valence-corrected chi connectivity index (χ3v) is 5.01. The molecule has 0 bridgehead atoms. The number of methoxy groups -OCH3 is 1. The van der Waals surface area contributed by atoms with Gasteiger partial charge in [-0.05, 0) is 37.6 Å². The number of esters is 1. The zero-order chi connectivity index (χ0) is 18.3. The van der Waals surface area contributed by atoms with Crippen molar-refractivity contribution in [3.8, 4) is 0 Å². The first kappa shape index (κ1) is 16.4. The van der Waals surface area contributed by atoms with Gasteiger partial charge >= 0.3 is 5.97 Å². The lowest BCUT2D eigenvalue weighted by Gasteiger charge is -2.35. The number of hydrogen-bond acceptors (Lipinski definition) is 6. The summed E-state index contributed by atoms with van der Waals surface area (Å²) in [6.45, 7) is 1.81. The first-order chi connectivity index (χ1) is 12.6. The second-order valence-corrected chi connectivity index (χ2v) is 6.54. The number of ether oxygens (including phenoxy) is 1. The summed E-state index contributed by atoms with van der Waals surface area (Å²) in [6.07, 6.45) is 4.13. The van der Waals surface area contributed by atoms with Gasteiger partial charge in [0.15, 0.2) is 5.78 Å². The van der Waals surface area contributed by atoms with Crippen LogP contribution in [0.3, 0.4) is 0 Å². The lowest BCUT2D eigenvalue weighted by atomic mass is 9.74. The van der Waals surface area contributed by atoms with Gasteiger partial charge in [0.05, 0.1) is 31.1 Å². The minimum Gasteiger partial charge on any atom is -0.469 e. The van der Waals surface area contributed by atoms with Crippen molar-refractivity contribution in [3.63, 3.8) is 0 Å². The monoisotopic (exact) mass is 353 g/mol. The maximum atomic E-state index is 13.0. The minimum absolute atomic E-state index is 0.0181. The summed E-state index contributed by atoms with van der Waals surface area (Å²) in [5.74, 6) is 0.289. The number of allylic oxidation sites excluding steroid dienone is 3. The Kier molecular flexibility index (Phi) is 4.03. The van der Waals surface area contributed by atoms with Crippen molar-refractivity contribution in [1.29, 1.82) is 0 Å². The molecule has 6 nitrogen and oxygen atoms in total. The predicted molar refractivity (Wildman–Crippen MR) is 92.0 cm³/mol. The maximum Gasteiger partial charge on any atom is 0.336 e. The van der Waals surface area contributed by atoms with Crippen LogP contribution in [0.2, 0.25) is 0 Å². The van der Waals surface area contributed by atoms with E-state index in [4.69, 9.17) is 13.6 Å². The van der Waals surface area contributed by atoms with E-state index in [1.165, 1.54) is 7.11 Å². The minimum atomic E-state index is -0.557. The topological polar surface area (TPSA) is 81.7 Å². The van der Waals surface area contributed by atoms with Crippen molar-refractivity contribution in [2.75, 3.05) is 7.11 Å². The maximum absolute atomic E-state index is 13.0. The molecule has 4 rings (SSSR count). The van der Waals surface area contributed by atoms with Crippen molar-refractivity contribution in [2.24, 2.45) is 0 Å². The number of dihydropyridines is 1. The van der Waals surface area contributed by atoms with Crippen LogP contribution in [-0.4, -0.2) is 18.9 Å². The molecule has 0 aromatic carbocycles. The summed E-state index contributed by atoms with van der Waals surface area (Å²) >= 11 is 0. The highest BCUT2D eigenvalue weighted by atomic mass is 16.5. The molecule has 1 N–H and O–H groups in total. The van der Waals surface area contributed by atoms with E-state index in [2.05, 4.69) is 5.32 Å². The van der Waals surface area contributed by atoms with Gasteiger partial charge in [-0.1, -0.05) is 0 Å². The molecule has 2 aromatic heterocycles. The van der Waals surface area contributed by atoms with Crippen LogP contribution < -0.4 is 5.32 Å². The van der Waals surface area contributed by atoms with Gasteiger partial charge in [-0.3, -0.25) is 4.79 Å². The predicted octanol–water partition coefficient (Wildman–Crippen LogP) is 3.41. The van der Waals surface area contributed by atoms with Crippen molar-refractivity contribution in [2.45, 2.75) is 31.6 Å². The SMILES string of the molecule is COC(=O)C1=C(C)NC2=C(C(=O)CC(c3ccco3)C2)C1c1ccco1. The van der Waals surface area contributed by atoms with E-state index < -0.39 is 11.9 Å². The van der Waals surface area contributed by atoms with Crippen molar-refractivity contribution >= 4 is 11.8 Å². The highest BCUT2D eigenvalue weighted by molar-refractivity contribution is 6.04. The van der Waals surface area contributed by atoms with Gasteiger partial charge in [0.1, 0.15) is 11.5 Å². The quantitative estimate of drug-likeness (QED) is 0.852. The van der Waals surface area contributed by atoms with E-state index in [0.717, 1.165) is 11.5 Å². The van der Waals surface area contributed by atoms with Crippen LogP contribution in [0.1, 0.15) is 43.1 Å². The summed E-state index contributed by atoms with van der Waals surface area (Å²) in [5.41, 5.74) is 2.47. The normalized spacial score (nSPS) is 22.9. The fourth-order valence-electron chi connectivity index (χ4n) is 3.88. The van der Waals surface area contributed by atoms with Crippen molar-refractivity contribution in [3.05, 3.63) is 70.9 Å². The van der Waals surface area contributed by atoms with Crippen molar-refractivity contribution < 1.29 is 23.2 Å². The van der Waals surface area contributed by atoms with E-state index in [0.29, 0.717) is 35.4 Å². The Balaban J connectivity index is 1.80. The van der Waals surface area contributed by atoms with Gasteiger partial charge in [0.2, 0.25) is 0 Å². The fourth-order valence-corrected chi connectivity index (χ4v) is 3.88. The average Bonchev–Trinajstić information content (AvgIpc) is 3.33. The van der Waals surface area contributed by atoms with Crippen LogP contribution in [-0.2, 0) is 14.3 Å². The molecule has 1 aliphatic carbocycles. The largest absolute Gasteiger partial charge is 0.469 e. The molecule has 0 spiro atoms. The van der Waals surface area contributed by atoms with E-state index in [1.807, 2.05) is 19.1 Å². The van der Waals surface area contributed by atoms with Crippen LogP contribution >= 0.6 is 0 Å². The van der Waals surface area contributed by atoms with Crippen LogP contribution in [0.4, 0.5) is 0 Å². The number of rotatable bonds is 3. The molecule has 0 fully saturated rings. The number of hydrogen-bond donors (Lipinski definition) is 1. The Morgan fingerprint density at radius 3 is 2.46 bits per heavy atom. The molecule has 6 heteroatoms. The Hall–Kier alpha value is -3.02. The molecule has 2 aliphatic rings. The Morgan fingerprint density at radius 1 is 1.15 bits per heavy atom. The summed E-state index contributed by atoms with van der Waals surface area (Å²) < 4.78 is 16.0. The standard InChI is InChI=1S/C20H19NO5/c1-11-17(20(23)24-2)19(16-6-4-8-26-16)18-13(21-11)9-12(10-14(18)22)15-5-3-7-25-15/h3-8,12,19,21H,9-10H2,1-2H3. The van der Waals surface area contributed by atoms with E-state index in [-0.39, 0.29) is 11.7 Å². The number of Topliss-reactive ketones (excluding diaryl/α,β-unsaturated/α-hetero) is 1. The zero-order valence-electron chi connectivity index (χ0n) is 14.6. The molecule has 134 valence electrons. The summed E-state index contributed by atoms with van der Waals surface area (Å²) in [6, 6.07) is 7.24. The molecule has 2 aromatic rings. The number of carbonyl (C=O) groups excluding carboxylic acids is 2. The second kappa shape index (κ2) is 6.37. The van der Waals surface area contributed by atoms with E-state index in [1.54, 1.807) is 24.7 Å². The van der Waals surface area contributed by atoms with Gasteiger partial charge in [0, 0.05) is 29.3 Å². The summed E-state index contributed by atoms with van der Waals surface area (Å²) in [4.78, 5) is 25.5. The van der Waals surface area contributed by atoms with Gasteiger partial charge in [-0.15, -0.1) is 0 Å². The molecule has 1 aliphatic heterocycles. The summed E-state index contributed by atoms with van der Waals surface area (Å²) in [5, 5.41) is 3.25. The molecule has 2 unspecified atom stereocenters. The molecule has 0 amide bonds. The molecule has 26 heavy (non-hydrogen) atoms. The van der Waals surface area contributed by atoms with Gasteiger partial charge < -0.3 is 18.9 Å². The molecular formula is C20H19NO5. The molecule has 3 heterocycles. The lowest BCUT2D eigenvalue weighted by molar-refractivity contribution is -0.136. The van der Waals surface area contributed by atoms with E-state index in [9.17, 15) is 9.59 Å². The molecule has 0 radical (unpaired) electrons. The third kappa shape index (κ3) is 2.58. The molecular weight excluding hydrogens is 334 g/mol. The smallest absolute Gasteiger partial charge is 0.336 e. The highest BCUT2D eigenvalue weighted by Crippen LogP contribution is 2.45. The molecule has 2 atom stereocenters. The first-order valence-corrected chi connectivity index (χ1v) is 8.49. The number of ketones is 1. The number of furan rings is 2. The Morgan fingerprint density at radius 2 is 1.85 bits per heavy atom. The van der Waals surface area contributed by atoms with Crippen LogP contribution in [0.25, 0.3) is 0 Å². The van der Waals surface area contributed by atoms with Crippen LogP contribution in [0.5, 0.6) is 0 Å². The molecule has 0 saturated heterocycles. The Labute approximate surface area is 150 Å². The number of nitrogens with one attached hydrogen (secondary N) is 1. The fraction of sp³-hybridized carbons (Fsp3) is 0.300.